The Hall–Kier alpha value is -2.23. The van der Waals surface area contributed by atoms with Gasteiger partial charge < -0.3 is 4.90 Å². The molecule has 1 aromatic heterocycles. The number of likely N-dealkylation sites (tertiary alicyclic amines) is 1. The number of hydrogen-bond acceptors (Lipinski definition) is 3. The average Bonchev–Trinajstić information content (AvgIpc) is 3.36. The minimum Gasteiger partial charge on any atom is -0.341 e. The van der Waals surface area contributed by atoms with Crippen molar-refractivity contribution in [3.05, 3.63) is 47.8 Å². The van der Waals surface area contributed by atoms with Crippen molar-refractivity contribution in [2.45, 2.75) is 50.9 Å². The summed E-state index contributed by atoms with van der Waals surface area (Å²) in [6.45, 7) is 3.86. The van der Waals surface area contributed by atoms with Gasteiger partial charge in [-0.3, -0.25) is 4.79 Å². The molecule has 4 nitrogen and oxygen atoms in total. The Morgan fingerprint density at radius 1 is 1.12 bits per heavy atom. The molecule has 1 saturated carbocycles. The lowest BCUT2D eigenvalue weighted by Crippen LogP contribution is -2.49. The van der Waals surface area contributed by atoms with E-state index in [0.717, 1.165) is 63.0 Å². The number of nitrogens with zero attached hydrogens (tertiary/aromatic N) is 3. The minimum absolute atomic E-state index is 0.0287. The van der Waals surface area contributed by atoms with Gasteiger partial charge in [0, 0.05) is 35.7 Å². The maximum Gasteiger partial charge on any atom is 0.228 e. The van der Waals surface area contributed by atoms with Gasteiger partial charge in [0.15, 0.2) is 5.82 Å². The number of fused-ring (bicyclic) bond motifs is 2. The van der Waals surface area contributed by atoms with E-state index in [4.69, 9.17) is 4.98 Å². The molecule has 2 heterocycles. The monoisotopic (exact) mass is 347 g/mol. The fourth-order valence-corrected chi connectivity index (χ4v) is 4.75. The lowest BCUT2D eigenvalue weighted by Gasteiger charge is -2.41. The number of aromatic nitrogens is 2. The molecule has 5 rings (SSSR count). The number of amides is 1. The van der Waals surface area contributed by atoms with Crippen LogP contribution in [0.1, 0.15) is 50.3 Å². The van der Waals surface area contributed by atoms with Crippen LogP contribution < -0.4 is 0 Å². The van der Waals surface area contributed by atoms with Crippen molar-refractivity contribution in [1.29, 1.82) is 0 Å². The molecule has 2 aromatic rings. The minimum atomic E-state index is -0.0825. The summed E-state index contributed by atoms with van der Waals surface area (Å²) in [7, 11) is 0. The molecule has 1 unspecified atom stereocenters. The van der Waals surface area contributed by atoms with E-state index in [1.165, 1.54) is 11.3 Å². The molecular formula is C22H25N3O. The molecule has 3 aliphatic rings. The zero-order valence-corrected chi connectivity index (χ0v) is 15.4. The molecule has 2 fully saturated rings. The summed E-state index contributed by atoms with van der Waals surface area (Å²) in [4.78, 5) is 24.7. The smallest absolute Gasteiger partial charge is 0.228 e. The number of hydrogen-bond donors (Lipinski definition) is 0. The third-order valence-electron chi connectivity index (χ3n) is 6.65. The Balaban J connectivity index is 1.49. The molecular weight excluding hydrogens is 322 g/mol. The van der Waals surface area contributed by atoms with Gasteiger partial charge in [-0.15, -0.1) is 0 Å². The Morgan fingerprint density at radius 2 is 1.92 bits per heavy atom. The molecule has 2 aliphatic carbocycles. The quantitative estimate of drug-likeness (QED) is 0.831. The third kappa shape index (κ3) is 2.46. The highest BCUT2D eigenvalue weighted by Gasteiger charge is 2.51. The number of piperidine rings is 1. The van der Waals surface area contributed by atoms with Gasteiger partial charge in [-0.1, -0.05) is 37.3 Å². The van der Waals surface area contributed by atoms with Crippen LogP contribution in [0.4, 0.5) is 0 Å². The largest absolute Gasteiger partial charge is 0.341 e. The highest BCUT2D eigenvalue weighted by atomic mass is 16.2. The van der Waals surface area contributed by atoms with Gasteiger partial charge in [0.2, 0.25) is 5.91 Å². The molecule has 1 saturated heterocycles. The summed E-state index contributed by atoms with van der Waals surface area (Å²) in [5.74, 6) is 1.17. The molecule has 1 aromatic carbocycles. The fourth-order valence-electron chi connectivity index (χ4n) is 4.75. The van der Waals surface area contributed by atoms with Crippen molar-refractivity contribution in [3.8, 4) is 11.4 Å². The normalized spacial score (nSPS) is 26.0. The van der Waals surface area contributed by atoms with Crippen LogP contribution in [-0.2, 0) is 16.6 Å². The van der Waals surface area contributed by atoms with Gasteiger partial charge in [-0.25, -0.2) is 9.97 Å². The molecule has 134 valence electrons. The van der Waals surface area contributed by atoms with Crippen LogP contribution in [0.15, 0.2) is 36.5 Å². The number of aryl methyl sites for hydroxylation is 1. The van der Waals surface area contributed by atoms with Crippen molar-refractivity contribution < 1.29 is 4.79 Å². The molecule has 0 N–H and O–H groups in total. The first-order valence-electron chi connectivity index (χ1n) is 9.81. The van der Waals surface area contributed by atoms with E-state index in [1.807, 2.05) is 24.4 Å². The van der Waals surface area contributed by atoms with Gasteiger partial charge in [0.1, 0.15) is 0 Å². The Kier molecular flexibility index (Phi) is 3.46. The number of carbonyl (C=O) groups excluding carboxylic acids is 1. The predicted octanol–water partition coefficient (Wildman–Crippen LogP) is 3.75. The molecule has 1 amide bonds. The second kappa shape index (κ2) is 5.63. The van der Waals surface area contributed by atoms with Crippen molar-refractivity contribution >= 4 is 5.91 Å². The molecule has 1 atom stereocenters. The van der Waals surface area contributed by atoms with Gasteiger partial charge >= 0.3 is 0 Å². The second-order valence-corrected chi connectivity index (χ2v) is 8.60. The van der Waals surface area contributed by atoms with Crippen molar-refractivity contribution in [2.75, 3.05) is 13.1 Å². The summed E-state index contributed by atoms with van der Waals surface area (Å²) >= 11 is 0. The maximum absolute atomic E-state index is 12.9. The second-order valence-electron chi connectivity index (χ2n) is 8.60. The lowest BCUT2D eigenvalue weighted by atomic mass is 9.77. The Labute approximate surface area is 154 Å². The molecule has 0 bridgehead atoms. The van der Waals surface area contributed by atoms with Gasteiger partial charge in [-0.2, -0.15) is 0 Å². The summed E-state index contributed by atoms with van der Waals surface area (Å²) < 4.78 is 0. The van der Waals surface area contributed by atoms with Crippen LogP contribution >= 0.6 is 0 Å². The average molecular weight is 347 g/mol. The number of rotatable bonds is 2. The number of carbonyl (C=O) groups is 1. The van der Waals surface area contributed by atoms with Crippen molar-refractivity contribution in [1.82, 2.24) is 14.9 Å². The molecule has 1 spiro atoms. The summed E-state index contributed by atoms with van der Waals surface area (Å²) in [5, 5.41) is 0. The van der Waals surface area contributed by atoms with Crippen molar-refractivity contribution in [3.63, 3.8) is 0 Å². The van der Waals surface area contributed by atoms with Crippen LogP contribution in [0.2, 0.25) is 0 Å². The Morgan fingerprint density at radius 3 is 2.69 bits per heavy atom. The lowest BCUT2D eigenvalue weighted by molar-refractivity contribution is -0.138. The summed E-state index contributed by atoms with van der Waals surface area (Å²) in [5.41, 5.74) is 3.48. The summed E-state index contributed by atoms with van der Waals surface area (Å²) in [6.07, 6.45) is 8.44. The van der Waals surface area contributed by atoms with Crippen LogP contribution in [0, 0.1) is 5.41 Å². The highest BCUT2D eigenvalue weighted by Crippen LogP contribution is 2.49. The first-order valence-corrected chi connectivity index (χ1v) is 9.81. The van der Waals surface area contributed by atoms with E-state index in [9.17, 15) is 4.79 Å². The molecule has 1 aliphatic heterocycles. The standard InChI is InChI=1S/C22H25N3O/c1-21(11-12-21)20(26)25-13-5-9-22(15-25)10-8-17-14-23-19(24-18(17)22)16-6-3-2-4-7-16/h2-4,6-7,14H,5,8-13,15H2,1H3. The van der Waals surface area contributed by atoms with Crippen LogP contribution in [0.3, 0.4) is 0 Å². The van der Waals surface area contributed by atoms with Crippen LogP contribution in [0.25, 0.3) is 11.4 Å². The predicted molar refractivity (Wildman–Crippen MR) is 101 cm³/mol. The van der Waals surface area contributed by atoms with Gasteiger partial charge in [-0.05, 0) is 44.1 Å². The van der Waals surface area contributed by atoms with E-state index in [0.29, 0.717) is 5.91 Å². The highest BCUT2D eigenvalue weighted by molar-refractivity contribution is 5.85. The van der Waals surface area contributed by atoms with Gasteiger partial charge in [0.05, 0.1) is 5.69 Å². The zero-order chi connectivity index (χ0) is 17.8. The van der Waals surface area contributed by atoms with Gasteiger partial charge in [0.25, 0.3) is 0 Å². The van der Waals surface area contributed by atoms with E-state index in [2.05, 4.69) is 28.9 Å². The van der Waals surface area contributed by atoms with Crippen molar-refractivity contribution in [2.24, 2.45) is 5.41 Å². The maximum atomic E-state index is 12.9. The summed E-state index contributed by atoms with van der Waals surface area (Å²) in [6, 6.07) is 10.2. The van der Waals surface area contributed by atoms with E-state index in [1.54, 1.807) is 0 Å². The SMILES string of the molecule is CC1(C(=O)N2CCCC3(CCc4cnc(-c5ccccc5)nc43)C2)CC1. The molecule has 26 heavy (non-hydrogen) atoms. The van der Waals surface area contributed by atoms with Crippen LogP contribution in [-0.4, -0.2) is 33.9 Å². The molecule has 0 radical (unpaired) electrons. The fraction of sp³-hybridized carbons (Fsp3) is 0.500. The van der Waals surface area contributed by atoms with E-state index < -0.39 is 0 Å². The topological polar surface area (TPSA) is 46.1 Å². The Bertz CT molecular complexity index is 855. The third-order valence-corrected chi connectivity index (χ3v) is 6.65. The first-order chi connectivity index (χ1) is 12.6. The number of benzene rings is 1. The molecule has 4 heteroatoms. The zero-order valence-electron chi connectivity index (χ0n) is 15.4. The van der Waals surface area contributed by atoms with E-state index >= 15 is 0 Å². The van der Waals surface area contributed by atoms with E-state index in [-0.39, 0.29) is 10.8 Å². The van der Waals surface area contributed by atoms with Crippen LogP contribution in [0.5, 0.6) is 0 Å². The first kappa shape index (κ1) is 16.0.